The Balaban J connectivity index is 1.65. The highest BCUT2D eigenvalue weighted by molar-refractivity contribution is 5.67. The predicted molar refractivity (Wildman–Crippen MR) is 106 cm³/mol. The number of likely N-dealkylation sites (tertiary alicyclic amines) is 1. The van der Waals surface area contributed by atoms with Crippen LogP contribution in [0, 0.1) is 12.8 Å². The van der Waals surface area contributed by atoms with Gasteiger partial charge in [0.1, 0.15) is 0 Å². The van der Waals surface area contributed by atoms with Crippen molar-refractivity contribution in [3.8, 4) is 0 Å². The summed E-state index contributed by atoms with van der Waals surface area (Å²) in [5.41, 5.74) is 6.85. The summed E-state index contributed by atoms with van der Waals surface area (Å²) in [6.45, 7) is 6.00. The fourth-order valence-corrected chi connectivity index (χ4v) is 4.72. The topological polar surface area (TPSA) is 42.4 Å². The van der Waals surface area contributed by atoms with Crippen LogP contribution in [-0.4, -0.2) is 35.7 Å². The maximum Gasteiger partial charge on any atom is 0.409 e. The molecular formula is C23H28N2O2. The molecule has 2 heterocycles. The number of carbonyl (C=O) groups is 1. The third kappa shape index (κ3) is 3.58. The summed E-state index contributed by atoms with van der Waals surface area (Å²) in [5, 5.41) is 0. The zero-order chi connectivity index (χ0) is 18.8. The molecule has 1 atom stereocenters. The van der Waals surface area contributed by atoms with Crippen LogP contribution < -0.4 is 0 Å². The molecule has 1 aromatic heterocycles. The highest BCUT2D eigenvalue weighted by atomic mass is 16.6. The monoisotopic (exact) mass is 364 g/mol. The van der Waals surface area contributed by atoms with Crippen LogP contribution in [0.1, 0.15) is 53.6 Å². The van der Waals surface area contributed by atoms with Crippen molar-refractivity contribution in [2.24, 2.45) is 5.92 Å². The first-order valence-corrected chi connectivity index (χ1v) is 10.1. The van der Waals surface area contributed by atoms with Gasteiger partial charge in [0.25, 0.3) is 0 Å². The van der Waals surface area contributed by atoms with Crippen molar-refractivity contribution < 1.29 is 9.53 Å². The van der Waals surface area contributed by atoms with Crippen molar-refractivity contribution in [3.63, 3.8) is 0 Å². The Morgan fingerprint density at radius 3 is 2.74 bits per heavy atom. The lowest BCUT2D eigenvalue weighted by atomic mass is 9.76. The van der Waals surface area contributed by atoms with Crippen molar-refractivity contribution in [3.05, 3.63) is 64.5 Å². The van der Waals surface area contributed by atoms with Crippen molar-refractivity contribution in [1.82, 2.24) is 9.88 Å². The number of carbonyl (C=O) groups excluding carboxylic acids is 1. The Morgan fingerprint density at radius 1 is 1.19 bits per heavy atom. The molecule has 1 aromatic carbocycles. The number of ether oxygens (including phenoxy) is 1. The molecule has 0 bridgehead atoms. The van der Waals surface area contributed by atoms with E-state index in [1.54, 1.807) is 0 Å². The van der Waals surface area contributed by atoms with Crippen LogP contribution in [0.4, 0.5) is 4.79 Å². The highest BCUT2D eigenvalue weighted by Crippen LogP contribution is 2.42. The molecule has 1 aliphatic heterocycles. The molecule has 1 saturated heterocycles. The minimum Gasteiger partial charge on any atom is -0.450 e. The van der Waals surface area contributed by atoms with Crippen LogP contribution in [0.3, 0.4) is 0 Å². The SMILES string of the molecule is CCOC(=O)N1CCC(C2c3ccc(C)cc3CCc3cccnc32)CC1. The number of hydrogen-bond acceptors (Lipinski definition) is 3. The molecule has 4 rings (SSSR count). The number of benzene rings is 1. The van der Waals surface area contributed by atoms with E-state index in [1.165, 1.54) is 27.9 Å². The predicted octanol–water partition coefficient (Wildman–Crippen LogP) is 4.49. The second-order valence-corrected chi connectivity index (χ2v) is 7.75. The van der Waals surface area contributed by atoms with E-state index in [0.717, 1.165) is 38.8 Å². The number of fused-ring (bicyclic) bond motifs is 2. The van der Waals surface area contributed by atoms with Gasteiger partial charge in [-0.15, -0.1) is 0 Å². The second-order valence-electron chi connectivity index (χ2n) is 7.75. The molecule has 2 aromatic rings. The van der Waals surface area contributed by atoms with Gasteiger partial charge in [-0.1, -0.05) is 29.8 Å². The van der Waals surface area contributed by atoms with Crippen molar-refractivity contribution >= 4 is 6.09 Å². The van der Waals surface area contributed by atoms with Crippen LogP contribution in [0.25, 0.3) is 0 Å². The Kier molecular flexibility index (Phi) is 5.15. The minimum atomic E-state index is -0.175. The number of hydrogen-bond donors (Lipinski definition) is 0. The van der Waals surface area contributed by atoms with Gasteiger partial charge in [0.2, 0.25) is 0 Å². The Bertz CT molecular complexity index is 825. The lowest BCUT2D eigenvalue weighted by molar-refractivity contribution is 0.0900. The fraction of sp³-hybridized carbons (Fsp3) is 0.478. The average molecular weight is 364 g/mol. The van der Waals surface area contributed by atoms with Crippen LogP contribution in [0.2, 0.25) is 0 Å². The smallest absolute Gasteiger partial charge is 0.409 e. The third-order valence-electron chi connectivity index (χ3n) is 6.05. The Morgan fingerprint density at radius 2 is 1.96 bits per heavy atom. The van der Waals surface area contributed by atoms with Gasteiger partial charge in [-0.25, -0.2) is 4.79 Å². The Labute approximate surface area is 161 Å². The number of nitrogens with zero attached hydrogens (tertiary/aromatic N) is 2. The summed E-state index contributed by atoms with van der Waals surface area (Å²) in [5.74, 6) is 0.826. The molecule has 1 amide bonds. The summed E-state index contributed by atoms with van der Waals surface area (Å²) in [6.07, 6.45) is 5.87. The zero-order valence-electron chi connectivity index (χ0n) is 16.3. The first kappa shape index (κ1) is 18.0. The molecule has 0 radical (unpaired) electrons. The molecule has 0 spiro atoms. The van der Waals surface area contributed by atoms with E-state index in [1.807, 2.05) is 18.0 Å². The second kappa shape index (κ2) is 7.71. The summed E-state index contributed by atoms with van der Waals surface area (Å²) in [4.78, 5) is 18.8. The van der Waals surface area contributed by atoms with Crippen molar-refractivity contribution in [1.29, 1.82) is 0 Å². The quantitative estimate of drug-likeness (QED) is 0.788. The number of rotatable bonds is 2. The molecule has 142 valence electrons. The van der Waals surface area contributed by atoms with Crippen molar-refractivity contribution in [2.75, 3.05) is 19.7 Å². The van der Waals surface area contributed by atoms with Crippen LogP contribution >= 0.6 is 0 Å². The van der Waals surface area contributed by atoms with Gasteiger partial charge in [-0.05, 0) is 68.2 Å². The maximum absolute atomic E-state index is 12.1. The first-order valence-electron chi connectivity index (χ1n) is 10.1. The van der Waals surface area contributed by atoms with E-state index in [-0.39, 0.29) is 6.09 Å². The summed E-state index contributed by atoms with van der Waals surface area (Å²) < 4.78 is 5.18. The summed E-state index contributed by atoms with van der Waals surface area (Å²) >= 11 is 0. The molecule has 4 nitrogen and oxygen atoms in total. The molecule has 1 aliphatic carbocycles. The molecule has 4 heteroatoms. The number of aryl methyl sites for hydroxylation is 3. The summed E-state index contributed by atoms with van der Waals surface area (Å²) in [6, 6.07) is 11.2. The zero-order valence-corrected chi connectivity index (χ0v) is 16.3. The fourth-order valence-electron chi connectivity index (χ4n) is 4.72. The third-order valence-corrected chi connectivity index (χ3v) is 6.05. The molecule has 1 unspecified atom stereocenters. The van der Waals surface area contributed by atoms with E-state index in [2.05, 4.69) is 37.3 Å². The van der Waals surface area contributed by atoms with Gasteiger partial charge in [0.15, 0.2) is 0 Å². The normalized spacial score (nSPS) is 19.8. The van der Waals surface area contributed by atoms with Crippen LogP contribution in [0.5, 0.6) is 0 Å². The number of amides is 1. The molecule has 0 saturated carbocycles. The van der Waals surface area contributed by atoms with E-state index in [9.17, 15) is 4.79 Å². The molecule has 1 fully saturated rings. The minimum absolute atomic E-state index is 0.175. The van der Waals surface area contributed by atoms with Gasteiger partial charge in [-0.2, -0.15) is 0 Å². The van der Waals surface area contributed by atoms with Gasteiger partial charge in [0.05, 0.1) is 12.3 Å². The van der Waals surface area contributed by atoms with E-state index in [0.29, 0.717) is 18.4 Å². The van der Waals surface area contributed by atoms with E-state index >= 15 is 0 Å². The van der Waals surface area contributed by atoms with E-state index in [4.69, 9.17) is 9.72 Å². The highest BCUT2D eigenvalue weighted by Gasteiger charge is 2.34. The largest absolute Gasteiger partial charge is 0.450 e. The molecule has 0 N–H and O–H groups in total. The molecule has 2 aliphatic rings. The van der Waals surface area contributed by atoms with Gasteiger partial charge >= 0.3 is 6.09 Å². The number of pyridine rings is 1. The summed E-state index contributed by atoms with van der Waals surface area (Å²) in [7, 11) is 0. The lowest BCUT2D eigenvalue weighted by Gasteiger charge is -2.36. The van der Waals surface area contributed by atoms with Crippen LogP contribution in [-0.2, 0) is 17.6 Å². The Hall–Kier alpha value is -2.36. The van der Waals surface area contributed by atoms with E-state index < -0.39 is 0 Å². The average Bonchev–Trinajstić information content (AvgIpc) is 2.85. The maximum atomic E-state index is 12.1. The van der Waals surface area contributed by atoms with Gasteiger partial charge in [0, 0.05) is 25.2 Å². The van der Waals surface area contributed by atoms with Gasteiger partial charge < -0.3 is 9.64 Å². The lowest BCUT2D eigenvalue weighted by Crippen LogP contribution is -2.40. The molecular weight excluding hydrogens is 336 g/mol. The van der Waals surface area contributed by atoms with Crippen LogP contribution in [0.15, 0.2) is 36.5 Å². The standard InChI is InChI=1S/C23H28N2O2/c1-3-27-23(26)25-13-10-17(11-14-25)21-20-9-6-16(2)15-19(20)8-7-18-5-4-12-24-22(18)21/h4-6,9,12,15,17,21H,3,7-8,10-11,13-14H2,1-2H3. The first-order chi connectivity index (χ1) is 13.2. The number of piperidine rings is 1. The van der Waals surface area contributed by atoms with Crippen molar-refractivity contribution in [2.45, 2.75) is 45.4 Å². The molecule has 27 heavy (non-hydrogen) atoms. The van der Waals surface area contributed by atoms with Gasteiger partial charge in [-0.3, -0.25) is 4.98 Å². The number of aromatic nitrogens is 1.